The molecule has 0 aliphatic heterocycles. The highest BCUT2D eigenvalue weighted by molar-refractivity contribution is 7.92. The summed E-state index contributed by atoms with van der Waals surface area (Å²) >= 11 is 5.49. The van der Waals surface area contributed by atoms with Gasteiger partial charge in [0.25, 0.3) is 10.0 Å². The first kappa shape index (κ1) is 20.3. The van der Waals surface area contributed by atoms with E-state index in [-0.39, 0.29) is 16.3 Å². The molecule has 6 nitrogen and oxygen atoms in total. The molecule has 0 amide bonds. The summed E-state index contributed by atoms with van der Waals surface area (Å²) in [7, 11) is -7.72. The molecular formula is C14H12ClF3N2O4S2. The number of halogens is 4. The Bertz CT molecular complexity index is 1020. The minimum Gasteiger partial charge on any atom is -0.284 e. The maximum absolute atomic E-state index is 12.8. The first-order valence-corrected chi connectivity index (χ1v) is 10.5. The highest BCUT2D eigenvalue weighted by Gasteiger charge is 2.33. The average Bonchev–Trinajstić information content (AvgIpc) is 2.47. The molecule has 12 heteroatoms. The van der Waals surface area contributed by atoms with Crippen LogP contribution in [0.4, 0.5) is 24.5 Å². The lowest BCUT2D eigenvalue weighted by atomic mass is 10.2. The average molecular weight is 429 g/mol. The van der Waals surface area contributed by atoms with Gasteiger partial charge in [-0.3, -0.25) is 9.44 Å². The van der Waals surface area contributed by atoms with Gasteiger partial charge in [-0.15, -0.1) is 0 Å². The summed E-state index contributed by atoms with van der Waals surface area (Å²) in [5, 5.41) is -0.559. The summed E-state index contributed by atoms with van der Waals surface area (Å²) < 4.78 is 89.5. The van der Waals surface area contributed by atoms with Gasteiger partial charge in [0.05, 0.1) is 21.7 Å². The van der Waals surface area contributed by atoms with Crippen LogP contribution in [0.15, 0.2) is 47.4 Å². The molecule has 0 fully saturated rings. The van der Waals surface area contributed by atoms with Crippen LogP contribution in [-0.2, 0) is 26.2 Å². The lowest BCUT2D eigenvalue weighted by Gasteiger charge is -2.13. The van der Waals surface area contributed by atoms with Gasteiger partial charge in [0.15, 0.2) is 0 Å². The van der Waals surface area contributed by atoms with Crippen molar-refractivity contribution in [2.24, 2.45) is 0 Å². The Balaban J connectivity index is 2.29. The quantitative estimate of drug-likeness (QED) is 0.762. The van der Waals surface area contributed by atoms with Crippen molar-refractivity contribution in [3.05, 3.63) is 53.1 Å². The third-order valence-corrected chi connectivity index (χ3v) is 5.33. The predicted molar refractivity (Wildman–Crippen MR) is 92.2 cm³/mol. The number of benzene rings is 2. The summed E-state index contributed by atoms with van der Waals surface area (Å²) in [6, 6.07) is 7.24. The molecule has 0 bridgehead atoms. The summed E-state index contributed by atoms with van der Waals surface area (Å²) in [4.78, 5) is -0.264. The second kappa shape index (κ2) is 6.97. The van der Waals surface area contributed by atoms with E-state index in [0.717, 1.165) is 30.5 Å². The van der Waals surface area contributed by atoms with E-state index in [0.29, 0.717) is 6.07 Å². The van der Waals surface area contributed by atoms with Crippen LogP contribution in [0.3, 0.4) is 0 Å². The maximum atomic E-state index is 12.8. The van der Waals surface area contributed by atoms with E-state index >= 15 is 0 Å². The van der Waals surface area contributed by atoms with Crippen molar-refractivity contribution in [3.8, 4) is 0 Å². The monoisotopic (exact) mass is 428 g/mol. The molecule has 0 aromatic heterocycles. The van der Waals surface area contributed by atoms with Crippen LogP contribution in [-0.4, -0.2) is 23.1 Å². The summed E-state index contributed by atoms with van der Waals surface area (Å²) in [6.07, 6.45) is -3.81. The zero-order chi connectivity index (χ0) is 19.8. The van der Waals surface area contributed by atoms with Crippen molar-refractivity contribution in [3.63, 3.8) is 0 Å². The Morgan fingerprint density at radius 1 is 0.885 bits per heavy atom. The van der Waals surface area contributed by atoms with E-state index in [1.165, 1.54) is 12.1 Å². The largest absolute Gasteiger partial charge is 0.417 e. The Labute approximate surface area is 153 Å². The van der Waals surface area contributed by atoms with Gasteiger partial charge >= 0.3 is 6.18 Å². The fourth-order valence-corrected chi connectivity index (χ4v) is 3.77. The molecule has 0 aliphatic carbocycles. The van der Waals surface area contributed by atoms with E-state index in [9.17, 15) is 30.0 Å². The van der Waals surface area contributed by atoms with Crippen molar-refractivity contribution >= 4 is 43.0 Å². The second-order valence-electron chi connectivity index (χ2n) is 5.20. The number of nitrogens with one attached hydrogen (secondary N) is 2. The molecule has 2 aromatic carbocycles. The zero-order valence-corrected chi connectivity index (χ0v) is 15.4. The van der Waals surface area contributed by atoms with Gasteiger partial charge in [0.1, 0.15) is 0 Å². The molecule has 0 saturated carbocycles. The highest BCUT2D eigenvalue weighted by atomic mass is 35.5. The van der Waals surface area contributed by atoms with Crippen LogP contribution >= 0.6 is 11.6 Å². The van der Waals surface area contributed by atoms with Crippen molar-refractivity contribution in [1.82, 2.24) is 0 Å². The van der Waals surface area contributed by atoms with Gasteiger partial charge in [-0.1, -0.05) is 11.6 Å². The van der Waals surface area contributed by atoms with Crippen LogP contribution in [0.25, 0.3) is 0 Å². The molecule has 0 saturated heterocycles. The maximum Gasteiger partial charge on any atom is 0.417 e. The molecule has 2 rings (SSSR count). The first-order chi connectivity index (χ1) is 11.8. The highest BCUT2D eigenvalue weighted by Crippen LogP contribution is 2.36. The van der Waals surface area contributed by atoms with Crippen LogP contribution < -0.4 is 9.44 Å². The Hall–Kier alpha value is -1.98. The predicted octanol–water partition coefficient (Wildman–Crippen LogP) is 3.53. The van der Waals surface area contributed by atoms with Crippen molar-refractivity contribution in [1.29, 1.82) is 0 Å². The van der Waals surface area contributed by atoms with Gasteiger partial charge in [-0.25, -0.2) is 16.8 Å². The molecule has 26 heavy (non-hydrogen) atoms. The number of rotatable bonds is 5. The van der Waals surface area contributed by atoms with Gasteiger partial charge < -0.3 is 0 Å². The summed E-state index contributed by atoms with van der Waals surface area (Å²) in [5.74, 6) is 0. The number of sulfonamides is 2. The third kappa shape index (κ3) is 5.26. The molecule has 0 aliphatic rings. The van der Waals surface area contributed by atoms with E-state index < -0.39 is 36.8 Å². The molecular weight excluding hydrogens is 417 g/mol. The topological polar surface area (TPSA) is 92.3 Å². The lowest BCUT2D eigenvalue weighted by Crippen LogP contribution is -2.14. The Morgan fingerprint density at radius 3 is 1.92 bits per heavy atom. The van der Waals surface area contributed by atoms with Crippen LogP contribution in [0.5, 0.6) is 0 Å². The van der Waals surface area contributed by atoms with Crippen LogP contribution in [0.1, 0.15) is 5.56 Å². The van der Waals surface area contributed by atoms with E-state index in [1.807, 2.05) is 4.72 Å². The minimum atomic E-state index is -4.74. The first-order valence-electron chi connectivity index (χ1n) is 6.75. The molecule has 0 unspecified atom stereocenters. The van der Waals surface area contributed by atoms with Gasteiger partial charge in [-0.05, 0) is 42.5 Å². The smallest absolute Gasteiger partial charge is 0.284 e. The number of alkyl halides is 3. The zero-order valence-electron chi connectivity index (χ0n) is 13.0. The third-order valence-electron chi connectivity index (χ3n) is 2.99. The second-order valence-corrected chi connectivity index (χ2v) is 9.03. The standard InChI is InChI=1S/C14H12ClF3N2O4S2/c1-25(21,22)19-9-2-5-11(6-3-9)26(23,24)20-10-4-7-13(15)12(8-10)14(16,17)18/h2-8,19-20H,1H3. The van der Waals surface area contributed by atoms with E-state index in [4.69, 9.17) is 11.6 Å². The lowest BCUT2D eigenvalue weighted by molar-refractivity contribution is -0.137. The molecule has 0 heterocycles. The molecule has 2 N–H and O–H groups in total. The normalized spacial score (nSPS) is 12.7. The van der Waals surface area contributed by atoms with Gasteiger partial charge in [-0.2, -0.15) is 13.2 Å². The van der Waals surface area contributed by atoms with Crippen molar-refractivity contribution in [2.75, 3.05) is 15.7 Å². The van der Waals surface area contributed by atoms with Gasteiger partial charge in [0.2, 0.25) is 10.0 Å². The Morgan fingerprint density at radius 2 is 1.42 bits per heavy atom. The fourth-order valence-electron chi connectivity index (χ4n) is 1.94. The fraction of sp³-hybridized carbons (Fsp3) is 0.143. The molecule has 0 atom stereocenters. The minimum absolute atomic E-state index is 0.136. The summed E-state index contributed by atoms with van der Waals surface area (Å²) in [6.45, 7) is 0. The van der Waals surface area contributed by atoms with Gasteiger partial charge in [0, 0.05) is 11.4 Å². The molecule has 2 aromatic rings. The van der Waals surface area contributed by atoms with Crippen LogP contribution in [0.2, 0.25) is 5.02 Å². The van der Waals surface area contributed by atoms with Crippen LogP contribution in [0, 0.1) is 0 Å². The molecule has 0 radical (unpaired) electrons. The Kier molecular flexibility index (Phi) is 5.45. The van der Waals surface area contributed by atoms with E-state index in [2.05, 4.69) is 4.72 Å². The van der Waals surface area contributed by atoms with Crippen molar-refractivity contribution < 1.29 is 30.0 Å². The summed E-state index contributed by atoms with van der Waals surface area (Å²) in [5.41, 5.74) is -1.36. The van der Waals surface area contributed by atoms with Crippen molar-refractivity contribution in [2.45, 2.75) is 11.1 Å². The molecule has 0 spiro atoms. The molecule has 142 valence electrons. The SMILES string of the molecule is CS(=O)(=O)Nc1ccc(S(=O)(=O)Nc2ccc(Cl)c(C(F)(F)F)c2)cc1. The number of hydrogen-bond acceptors (Lipinski definition) is 4. The number of hydrogen-bond donors (Lipinski definition) is 2. The van der Waals surface area contributed by atoms with E-state index in [1.54, 1.807) is 0 Å². The number of anilines is 2.